The molecule has 9 aromatic rings. The highest BCUT2D eigenvalue weighted by Gasteiger charge is 2.56. The van der Waals surface area contributed by atoms with Gasteiger partial charge >= 0.3 is 0 Å². The largest absolute Gasteiger partial charge is 0.457 e. The first-order chi connectivity index (χ1) is 28.2. The summed E-state index contributed by atoms with van der Waals surface area (Å²) in [6.07, 6.45) is 9.18. The second-order valence-corrected chi connectivity index (χ2v) is 15.2. The quantitative estimate of drug-likeness (QED) is 0.181. The van der Waals surface area contributed by atoms with Gasteiger partial charge in [0.25, 0.3) is 0 Å². The lowest BCUT2D eigenvalue weighted by Gasteiger charge is -2.43. The van der Waals surface area contributed by atoms with E-state index in [1.807, 2.05) is 36.4 Å². The summed E-state index contributed by atoms with van der Waals surface area (Å²) in [5.41, 5.74) is 13.3. The number of para-hydroxylation sites is 2. The summed E-state index contributed by atoms with van der Waals surface area (Å²) in [5, 5.41) is 2.20. The van der Waals surface area contributed by atoms with Crippen LogP contribution in [0.4, 0.5) is 0 Å². The van der Waals surface area contributed by atoms with Gasteiger partial charge in [0.1, 0.15) is 22.7 Å². The lowest BCUT2D eigenvalue weighted by Crippen LogP contribution is -2.37. The number of nitrogens with zero attached hydrogens (tertiary/aromatic N) is 2. The Labute approximate surface area is 330 Å². The molecule has 0 saturated carbocycles. The summed E-state index contributed by atoms with van der Waals surface area (Å²) in [6.45, 7) is 0. The highest BCUT2D eigenvalue weighted by Crippen LogP contribution is 2.64. The number of allylic oxidation sites excluding steroid dienone is 4. The molecule has 4 nitrogen and oxygen atoms in total. The van der Waals surface area contributed by atoms with E-state index in [2.05, 4.69) is 158 Å². The standard InChI is InChI=1S/C53H34N2O2/c1-2-13-33(14-3-1)46-32-47(36-25-27-41-40-19-6-10-23-48(40)56-50(41)31-36)55-52(54-46)37-16-12-15-34(29-37)35-26-28-45-51(30-35)57-49-24-11-9-22-44(49)53(45)42-20-7-4-17-38(42)39-18-5-8-21-43(39)53/h1-32,38,42H. The van der Waals surface area contributed by atoms with E-state index in [1.165, 1.54) is 22.3 Å². The first-order valence-corrected chi connectivity index (χ1v) is 19.6. The molecular weight excluding hydrogens is 697 g/mol. The molecule has 0 saturated heterocycles. The molecule has 0 bridgehead atoms. The van der Waals surface area contributed by atoms with Crippen LogP contribution in [0.25, 0.3) is 67.0 Å². The number of ether oxygens (including phenoxy) is 1. The molecule has 0 N–H and O–H groups in total. The minimum atomic E-state index is -0.374. The number of furan rings is 1. The van der Waals surface area contributed by atoms with E-state index in [-0.39, 0.29) is 11.3 Å². The van der Waals surface area contributed by atoms with Crippen LogP contribution in [0.1, 0.15) is 28.2 Å². The highest BCUT2D eigenvalue weighted by atomic mass is 16.5. The van der Waals surface area contributed by atoms with Crippen LogP contribution in [0.3, 0.4) is 0 Å². The minimum absolute atomic E-state index is 0.230. The lowest BCUT2D eigenvalue weighted by molar-refractivity contribution is 0.374. The van der Waals surface area contributed by atoms with E-state index in [1.54, 1.807) is 0 Å². The van der Waals surface area contributed by atoms with E-state index < -0.39 is 0 Å². The zero-order valence-electron chi connectivity index (χ0n) is 30.8. The summed E-state index contributed by atoms with van der Waals surface area (Å²) in [6, 6.07) is 59.8. The molecule has 3 atom stereocenters. The molecule has 2 aromatic heterocycles. The van der Waals surface area contributed by atoms with Gasteiger partial charge in [0, 0.05) is 50.4 Å². The first kappa shape index (κ1) is 32.0. The number of hydrogen-bond acceptors (Lipinski definition) is 4. The Morgan fingerprint density at radius 1 is 0.439 bits per heavy atom. The smallest absolute Gasteiger partial charge is 0.160 e. The van der Waals surface area contributed by atoms with E-state index in [4.69, 9.17) is 19.1 Å². The SMILES string of the molecule is C1=CC2c3ccccc3C3(c4ccccc4Oc4cc(-c5cccc(-c6nc(-c7ccccc7)cc(-c7ccc8c(c7)oc7ccccc78)n6)c5)ccc43)C2C=C1. The van der Waals surface area contributed by atoms with Gasteiger partial charge in [-0.1, -0.05) is 152 Å². The van der Waals surface area contributed by atoms with Crippen molar-refractivity contribution in [2.45, 2.75) is 11.3 Å². The number of aromatic nitrogens is 2. The topological polar surface area (TPSA) is 48.2 Å². The molecule has 1 aliphatic heterocycles. The third-order valence-electron chi connectivity index (χ3n) is 12.2. The molecule has 3 aliphatic rings. The van der Waals surface area contributed by atoms with Crippen LogP contribution in [0, 0.1) is 5.92 Å². The molecule has 268 valence electrons. The third-order valence-corrected chi connectivity index (χ3v) is 12.2. The predicted octanol–water partition coefficient (Wildman–Crippen LogP) is 13.3. The Bertz CT molecular complexity index is 3140. The Morgan fingerprint density at radius 2 is 1.12 bits per heavy atom. The normalized spacial score (nSPS) is 18.6. The summed E-state index contributed by atoms with van der Waals surface area (Å²) >= 11 is 0. The van der Waals surface area contributed by atoms with Gasteiger partial charge in [-0.25, -0.2) is 9.97 Å². The summed E-state index contributed by atoms with van der Waals surface area (Å²) < 4.78 is 13.1. The second-order valence-electron chi connectivity index (χ2n) is 15.2. The fourth-order valence-electron chi connectivity index (χ4n) is 9.75. The monoisotopic (exact) mass is 730 g/mol. The van der Waals surface area contributed by atoms with Crippen molar-refractivity contribution in [1.29, 1.82) is 0 Å². The molecule has 2 aliphatic carbocycles. The number of hydrogen-bond donors (Lipinski definition) is 0. The molecule has 7 aromatic carbocycles. The maximum absolute atomic E-state index is 6.84. The molecular formula is C53H34N2O2. The summed E-state index contributed by atoms with van der Waals surface area (Å²) in [7, 11) is 0. The van der Waals surface area contributed by atoms with Crippen LogP contribution in [0.2, 0.25) is 0 Å². The van der Waals surface area contributed by atoms with Crippen molar-refractivity contribution in [3.05, 3.63) is 216 Å². The van der Waals surface area contributed by atoms with Gasteiger partial charge < -0.3 is 9.15 Å². The fraction of sp³-hybridized carbons (Fsp3) is 0.0566. The van der Waals surface area contributed by atoms with Crippen molar-refractivity contribution in [3.63, 3.8) is 0 Å². The van der Waals surface area contributed by atoms with Crippen molar-refractivity contribution in [1.82, 2.24) is 9.97 Å². The van der Waals surface area contributed by atoms with Crippen LogP contribution >= 0.6 is 0 Å². The minimum Gasteiger partial charge on any atom is -0.457 e. The van der Waals surface area contributed by atoms with Crippen LogP contribution in [0.15, 0.2) is 199 Å². The maximum Gasteiger partial charge on any atom is 0.160 e. The van der Waals surface area contributed by atoms with Crippen LogP contribution < -0.4 is 4.74 Å². The van der Waals surface area contributed by atoms with Crippen LogP contribution in [0.5, 0.6) is 11.5 Å². The first-order valence-electron chi connectivity index (χ1n) is 19.6. The zero-order chi connectivity index (χ0) is 37.5. The maximum atomic E-state index is 6.84. The molecule has 4 heteroatoms. The number of fused-ring (bicyclic) bond motifs is 12. The summed E-state index contributed by atoms with van der Waals surface area (Å²) in [4.78, 5) is 10.4. The Balaban J connectivity index is 0.985. The van der Waals surface area contributed by atoms with Crippen molar-refractivity contribution in [2.24, 2.45) is 5.92 Å². The number of benzene rings is 7. The Kier molecular flexibility index (Phi) is 6.93. The third kappa shape index (κ3) is 4.80. The fourth-order valence-corrected chi connectivity index (χ4v) is 9.75. The van der Waals surface area contributed by atoms with E-state index in [9.17, 15) is 0 Å². The van der Waals surface area contributed by atoms with Gasteiger partial charge in [0.2, 0.25) is 0 Å². The zero-order valence-corrected chi connectivity index (χ0v) is 30.8. The Morgan fingerprint density at radius 3 is 2.05 bits per heavy atom. The highest BCUT2D eigenvalue weighted by molar-refractivity contribution is 6.05. The van der Waals surface area contributed by atoms with E-state index >= 15 is 0 Å². The lowest BCUT2D eigenvalue weighted by atomic mass is 9.62. The van der Waals surface area contributed by atoms with Gasteiger partial charge in [-0.3, -0.25) is 0 Å². The van der Waals surface area contributed by atoms with Crippen LogP contribution in [-0.2, 0) is 5.41 Å². The van der Waals surface area contributed by atoms with Gasteiger partial charge in [0.05, 0.1) is 16.8 Å². The van der Waals surface area contributed by atoms with Gasteiger partial charge in [-0.15, -0.1) is 0 Å². The number of rotatable bonds is 4. The molecule has 0 amide bonds. The van der Waals surface area contributed by atoms with Gasteiger partial charge in [0.15, 0.2) is 5.82 Å². The van der Waals surface area contributed by atoms with E-state index in [0.717, 1.165) is 72.6 Å². The van der Waals surface area contributed by atoms with Crippen LogP contribution in [-0.4, -0.2) is 9.97 Å². The molecule has 0 radical (unpaired) electrons. The molecule has 0 fully saturated rings. The van der Waals surface area contributed by atoms with Crippen molar-refractivity contribution < 1.29 is 9.15 Å². The van der Waals surface area contributed by atoms with Crippen molar-refractivity contribution >= 4 is 21.9 Å². The van der Waals surface area contributed by atoms with E-state index in [0.29, 0.717) is 11.7 Å². The average molecular weight is 731 g/mol. The molecule has 1 spiro atoms. The molecule has 57 heavy (non-hydrogen) atoms. The average Bonchev–Trinajstić information content (AvgIpc) is 3.80. The van der Waals surface area contributed by atoms with Gasteiger partial charge in [-0.2, -0.15) is 0 Å². The molecule has 3 heterocycles. The molecule has 3 unspecified atom stereocenters. The second kappa shape index (κ2) is 12.4. The predicted molar refractivity (Wildman–Crippen MR) is 228 cm³/mol. The van der Waals surface area contributed by atoms with Crippen molar-refractivity contribution in [2.75, 3.05) is 0 Å². The summed E-state index contributed by atoms with van der Waals surface area (Å²) in [5.74, 6) is 2.98. The molecule has 12 rings (SSSR count). The Hall–Kier alpha value is -7.30. The van der Waals surface area contributed by atoms with Crippen molar-refractivity contribution in [3.8, 4) is 56.5 Å². The van der Waals surface area contributed by atoms with Gasteiger partial charge in [-0.05, 0) is 64.7 Å².